The second-order valence-corrected chi connectivity index (χ2v) is 6.79. The number of nitrogens with one attached hydrogen (secondary N) is 1. The van der Waals surface area contributed by atoms with E-state index in [1.165, 1.54) is 11.3 Å². The second kappa shape index (κ2) is 7.06. The van der Waals surface area contributed by atoms with Gasteiger partial charge < -0.3 is 14.6 Å². The first-order valence-electron chi connectivity index (χ1n) is 7.82. The maximum Gasteiger partial charge on any atom is 0.268 e. The van der Waals surface area contributed by atoms with Crippen LogP contribution in [0.1, 0.15) is 17.0 Å². The molecule has 0 spiro atoms. The minimum atomic E-state index is -0.167. The molecule has 25 heavy (non-hydrogen) atoms. The van der Waals surface area contributed by atoms with E-state index < -0.39 is 0 Å². The molecule has 1 amide bonds. The fourth-order valence-electron chi connectivity index (χ4n) is 2.59. The number of likely N-dealkylation sites (N-methyl/N-ethyl adjacent to an activating group) is 1. The van der Waals surface area contributed by atoms with E-state index in [9.17, 15) is 9.59 Å². The number of fused-ring (bicyclic) bond motifs is 1. The van der Waals surface area contributed by atoms with E-state index in [0.29, 0.717) is 16.0 Å². The number of carbonyl (C=O) groups excluding carboxylic acids is 1. The molecular formula is C18H19N3O3S. The number of hydrogen-bond donors (Lipinski definition) is 1. The Morgan fingerprint density at radius 2 is 2.16 bits per heavy atom. The van der Waals surface area contributed by atoms with Crippen LogP contribution in [0.4, 0.5) is 0 Å². The van der Waals surface area contributed by atoms with Gasteiger partial charge in [-0.15, -0.1) is 11.3 Å². The van der Waals surface area contributed by atoms with Crippen LogP contribution < -0.4 is 10.3 Å². The van der Waals surface area contributed by atoms with Crippen LogP contribution in [-0.4, -0.2) is 34.9 Å². The first-order valence-corrected chi connectivity index (χ1v) is 8.70. The van der Waals surface area contributed by atoms with Crippen LogP contribution in [0.15, 0.2) is 34.4 Å². The molecule has 0 saturated heterocycles. The van der Waals surface area contributed by atoms with Gasteiger partial charge in [0.1, 0.15) is 16.3 Å². The van der Waals surface area contributed by atoms with E-state index in [4.69, 9.17) is 4.74 Å². The zero-order chi connectivity index (χ0) is 18.0. The number of benzene rings is 1. The number of aryl methyl sites for hydroxylation is 1. The number of methoxy groups -OCH3 is 1. The van der Waals surface area contributed by atoms with Gasteiger partial charge in [-0.05, 0) is 35.6 Å². The van der Waals surface area contributed by atoms with E-state index in [1.54, 1.807) is 25.1 Å². The standard InChI is InChI=1S/C18H19N3O3S/c1-11-4-5-12(8-14(11)24-3)9-16(22)21(2)10-15-19-13-6-7-25-17(13)18(23)20-15/h4-8H,9-10H2,1-3H3,(H,19,20,23). The zero-order valence-electron chi connectivity index (χ0n) is 14.3. The summed E-state index contributed by atoms with van der Waals surface area (Å²) in [5.74, 6) is 1.19. The molecule has 0 aliphatic rings. The van der Waals surface area contributed by atoms with Crippen molar-refractivity contribution in [3.05, 3.63) is 57.0 Å². The fraction of sp³-hybridized carbons (Fsp3) is 0.278. The summed E-state index contributed by atoms with van der Waals surface area (Å²) in [7, 11) is 3.31. The van der Waals surface area contributed by atoms with Gasteiger partial charge >= 0.3 is 0 Å². The van der Waals surface area contributed by atoms with Crippen molar-refractivity contribution in [2.45, 2.75) is 19.9 Å². The number of rotatable bonds is 5. The molecule has 0 radical (unpaired) electrons. The number of carbonyl (C=O) groups is 1. The Balaban J connectivity index is 1.72. The smallest absolute Gasteiger partial charge is 0.268 e. The maximum atomic E-state index is 12.5. The molecule has 1 aromatic carbocycles. The summed E-state index contributed by atoms with van der Waals surface area (Å²) in [6, 6.07) is 7.53. The van der Waals surface area contributed by atoms with Crippen molar-refractivity contribution < 1.29 is 9.53 Å². The normalized spacial score (nSPS) is 10.8. The lowest BCUT2D eigenvalue weighted by molar-refractivity contribution is -0.129. The zero-order valence-corrected chi connectivity index (χ0v) is 15.1. The topological polar surface area (TPSA) is 75.3 Å². The van der Waals surface area contributed by atoms with E-state index in [1.807, 2.05) is 30.5 Å². The van der Waals surface area contributed by atoms with Crippen molar-refractivity contribution in [2.75, 3.05) is 14.2 Å². The van der Waals surface area contributed by atoms with E-state index >= 15 is 0 Å². The van der Waals surface area contributed by atoms with Crippen LogP contribution in [0.3, 0.4) is 0 Å². The highest BCUT2D eigenvalue weighted by molar-refractivity contribution is 7.17. The molecule has 0 fully saturated rings. The maximum absolute atomic E-state index is 12.5. The summed E-state index contributed by atoms with van der Waals surface area (Å²) in [4.78, 5) is 33.2. The number of hydrogen-bond acceptors (Lipinski definition) is 5. The third kappa shape index (κ3) is 3.71. The second-order valence-electron chi connectivity index (χ2n) is 5.88. The van der Waals surface area contributed by atoms with Crippen LogP contribution in [0.5, 0.6) is 5.75 Å². The molecular weight excluding hydrogens is 338 g/mol. The Morgan fingerprint density at radius 3 is 2.92 bits per heavy atom. The van der Waals surface area contributed by atoms with Gasteiger partial charge in [-0.3, -0.25) is 9.59 Å². The molecule has 0 atom stereocenters. The van der Waals surface area contributed by atoms with Crippen LogP contribution >= 0.6 is 11.3 Å². The number of nitrogens with zero attached hydrogens (tertiary/aromatic N) is 2. The summed E-state index contributed by atoms with van der Waals surface area (Å²) in [6.07, 6.45) is 0.262. The summed E-state index contributed by atoms with van der Waals surface area (Å²) in [5, 5.41) is 1.83. The highest BCUT2D eigenvalue weighted by Gasteiger charge is 2.14. The molecule has 0 aliphatic carbocycles. The minimum absolute atomic E-state index is 0.0565. The Kier molecular flexibility index (Phi) is 4.85. The number of ether oxygens (including phenoxy) is 1. The predicted molar refractivity (Wildman–Crippen MR) is 98.1 cm³/mol. The summed E-state index contributed by atoms with van der Waals surface area (Å²) in [6.45, 7) is 2.21. The van der Waals surface area contributed by atoms with Crippen LogP contribution in [0.25, 0.3) is 10.2 Å². The lowest BCUT2D eigenvalue weighted by Gasteiger charge is -2.17. The lowest BCUT2D eigenvalue weighted by Crippen LogP contribution is -2.29. The molecule has 0 saturated carbocycles. The molecule has 130 valence electrons. The van der Waals surface area contributed by atoms with Crippen molar-refractivity contribution in [1.82, 2.24) is 14.9 Å². The Bertz CT molecular complexity index is 977. The predicted octanol–water partition coefficient (Wildman–Crippen LogP) is 2.50. The summed E-state index contributed by atoms with van der Waals surface area (Å²) in [5.41, 5.74) is 2.40. The monoisotopic (exact) mass is 357 g/mol. The highest BCUT2D eigenvalue weighted by Crippen LogP contribution is 2.20. The molecule has 0 unspecified atom stereocenters. The summed E-state index contributed by atoms with van der Waals surface area (Å²) < 4.78 is 5.90. The van der Waals surface area contributed by atoms with E-state index in [2.05, 4.69) is 9.97 Å². The van der Waals surface area contributed by atoms with Gasteiger partial charge in [0.15, 0.2) is 0 Å². The average molecular weight is 357 g/mol. The third-order valence-corrected chi connectivity index (χ3v) is 4.91. The van der Waals surface area contributed by atoms with Gasteiger partial charge in [-0.1, -0.05) is 12.1 Å². The van der Waals surface area contributed by atoms with Gasteiger partial charge in [-0.25, -0.2) is 4.98 Å². The molecule has 2 aromatic heterocycles. The molecule has 6 nitrogen and oxygen atoms in total. The lowest BCUT2D eigenvalue weighted by atomic mass is 10.1. The van der Waals surface area contributed by atoms with Crippen molar-refractivity contribution in [3.8, 4) is 5.75 Å². The van der Waals surface area contributed by atoms with E-state index in [0.717, 1.165) is 16.9 Å². The highest BCUT2D eigenvalue weighted by atomic mass is 32.1. The van der Waals surface area contributed by atoms with Crippen molar-refractivity contribution >= 4 is 27.5 Å². The van der Waals surface area contributed by atoms with E-state index in [-0.39, 0.29) is 24.4 Å². The number of aromatic nitrogens is 2. The summed E-state index contributed by atoms with van der Waals surface area (Å²) >= 11 is 1.36. The first kappa shape index (κ1) is 17.2. The first-order chi connectivity index (χ1) is 12.0. The Morgan fingerprint density at radius 1 is 1.36 bits per heavy atom. The molecule has 7 heteroatoms. The SMILES string of the molecule is COc1cc(CC(=O)N(C)Cc2nc3ccsc3c(=O)[nH]2)ccc1C. The number of aromatic amines is 1. The van der Waals surface area contributed by atoms with Gasteiger partial charge in [0, 0.05) is 7.05 Å². The van der Waals surface area contributed by atoms with Crippen molar-refractivity contribution in [2.24, 2.45) is 0 Å². The van der Waals surface area contributed by atoms with Gasteiger partial charge in [-0.2, -0.15) is 0 Å². The number of amides is 1. The molecule has 3 rings (SSSR count). The van der Waals surface area contributed by atoms with Crippen LogP contribution in [0, 0.1) is 6.92 Å². The van der Waals surface area contributed by atoms with Crippen molar-refractivity contribution in [1.29, 1.82) is 0 Å². The third-order valence-electron chi connectivity index (χ3n) is 4.00. The molecule has 3 aromatic rings. The molecule has 2 heterocycles. The molecule has 0 aliphatic heterocycles. The molecule has 0 bridgehead atoms. The van der Waals surface area contributed by atoms with Gasteiger partial charge in [0.05, 0.1) is 25.6 Å². The van der Waals surface area contributed by atoms with Crippen LogP contribution in [0.2, 0.25) is 0 Å². The Labute approximate surface area is 149 Å². The van der Waals surface area contributed by atoms with Crippen LogP contribution in [-0.2, 0) is 17.8 Å². The number of H-pyrrole nitrogens is 1. The van der Waals surface area contributed by atoms with Gasteiger partial charge in [0.2, 0.25) is 5.91 Å². The quantitative estimate of drug-likeness (QED) is 0.761. The average Bonchev–Trinajstić information content (AvgIpc) is 3.05. The minimum Gasteiger partial charge on any atom is -0.496 e. The number of thiophene rings is 1. The fourth-order valence-corrected chi connectivity index (χ4v) is 3.32. The Hall–Kier alpha value is -2.67. The van der Waals surface area contributed by atoms with Crippen molar-refractivity contribution in [3.63, 3.8) is 0 Å². The van der Waals surface area contributed by atoms with Gasteiger partial charge in [0.25, 0.3) is 5.56 Å². The molecule has 1 N–H and O–H groups in total. The largest absolute Gasteiger partial charge is 0.496 e.